The minimum atomic E-state index is 0.0403. The number of likely N-dealkylation sites (tertiary alicyclic amines) is 1. The van der Waals surface area contributed by atoms with E-state index in [4.69, 9.17) is 0 Å². The number of nitrogens with zero attached hydrogens (tertiary/aromatic N) is 3. The highest BCUT2D eigenvalue weighted by atomic mass is 16.2. The fourth-order valence-electron chi connectivity index (χ4n) is 4.13. The van der Waals surface area contributed by atoms with Crippen LogP contribution in [0.5, 0.6) is 0 Å². The lowest BCUT2D eigenvalue weighted by atomic mass is 9.81. The summed E-state index contributed by atoms with van der Waals surface area (Å²) >= 11 is 0. The Morgan fingerprint density at radius 1 is 1.11 bits per heavy atom. The zero-order valence-corrected chi connectivity index (χ0v) is 16.5. The van der Waals surface area contributed by atoms with E-state index in [1.807, 2.05) is 47.0 Å². The van der Waals surface area contributed by atoms with E-state index >= 15 is 0 Å². The van der Waals surface area contributed by atoms with Crippen molar-refractivity contribution in [3.05, 3.63) is 48.0 Å². The number of amides is 2. The minimum Gasteiger partial charge on any atom is -0.342 e. The molecule has 0 radical (unpaired) electrons. The van der Waals surface area contributed by atoms with Gasteiger partial charge in [-0.15, -0.1) is 0 Å². The topological polar surface area (TPSA) is 43.9 Å². The molecule has 2 amide bonds. The van der Waals surface area contributed by atoms with E-state index < -0.39 is 0 Å². The summed E-state index contributed by atoms with van der Waals surface area (Å²) in [5.41, 5.74) is 1.17. The lowest BCUT2D eigenvalue weighted by Gasteiger charge is -2.37. The highest BCUT2D eigenvalue weighted by Gasteiger charge is 2.34. The monoisotopic (exact) mass is 369 g/mol. The number of allylic oxidation sites excluding steroid dienone is 1. The number of hydrogen-bond acceptors (Lipinski definition) is 3. The number of piperidine rings is 1. The summed E-state index contributed by atoms with van der Waals surface area (Å²) in [6.07, 6.45) is 6.94. The Hall–Kier alpha value is -2.14. The van der Waals surface area contributed by atoms with Gasteiger partial charge in [0.15, 0.2) is 0 Å². The molecule has 0 aromatic heterocycles. The Bertz CT molecular complexity index is 663. The van der Waals surface area contributed by atoms with Gasteiger partial charge in [-0.2, -0.15) is 0 Å². The summed E-state index contributed by atoms with van der Waals surface area (Å²) in [5.74, 6) is 0.860. The van der Waals surface area contributed by atoms with Gasteiger partial charge in [-0.1, -0.05) is 42.5 Å². The van der Waals surface area contributed by atoms with Gasteiger partial charge in [0.2, 0.25) is 11.8 Å². The van der Waals surface area contributed by atoms with Crippen molar-refractivity contribution < 1.29 is 9.59 Å². The highest BCUT2D eigenvalue weighted by Crippen LogP contribution is 2.31. The number of likely N-dealkylation sites (N-methyl/N-ethyl adjacent to an activating group) is 1. The Morgan fingerprint density at radius 2 is 1.81 bits per heavy atom. The molecule has 3 rings (SSSR count). The van der Waals surface area contributed by atoms with E-state index in [-0.39, 0.29) is 17.7 Å². The van der Waals surface area contributed by atoms with Crippen LogP contribution in [0.25, 0.3) is 0 Å². The first-order valence-electron chi connectivity index (χ1n) is 9.95. The second-order valence-corrected chi connectivity index (χ2v) is 7.97. The van der Waals surface area contributed by atoms with Crippen molar-refractivity contribution in [3.63, 3.8) is 0 Å². The zero-order valence-electron chi connectivity index (χ0n) is 16.5. The predicted octanol–water partition coefficient (Wildman–Crippen LogP) is 2.39. The largest absolute Gasteiger partial charge is 0.342 e. The number of carbonyl (C=O) groups excluding carboxylic acids is 2. The normalized spacial score (nSPS) is 21.6. The Labute approximate surface area is 162 Å². The lowest BCUT2D eigenvalue weighted by molar-refractivity contribution is -0.138. The van der Waals surface area contributed by atoms with E-state index in [0.717, 1.165) is 32.4 Å². The molecule has 2 aliphatic heterocycles. The van der Waals surface area contributed by atoms with Gasteiger partial charge in [-0.05, 0) is 44.8 Å². The molecule has 0 N–H and O–H groups in total. The van der Waals surface area contributed by atoms with E-state index in [1.54, 1.807) is 0 Å². The van der Waals surface area contributed by atoms with Crippen LogP contribution in [0.1, 0.15) is 24.8 Å². The molecule has 0 saturated carbocycles. The molecule has 5 nitrogen and oxygen atoms in total. The summed E-state index contributed by atoms with van der Waals surface area (Å²) in [6, 6.07) is 10.2. The molecule has 2 aliphatic rings. The second-order valence-electron chi connectivity index (χ2n) is 7.97. The van der Waals surface area contributed by atoms with Gasteiger partial charge in [0.25, 0.3) is 0 Å². The molecule has 2 heterocycles. The second kappa shape index (κ2) is 9.18. The van der Waals surface area contributed by atoms with Crippen LogP contribution in [0.2, 0.25) is 0 Å². The molecule has 1 fully saturated rings. The molecule has 0 aliphatic carbocycles. The van der Waals surface area contributed by atoms with Gasteiger partial charge < -0.3 is 14.7 Å². The first-order chi connectivity index (χ1) is 13.0. The van der Waals surface area contributed by atoms with Crippen LogP contribution in [0.3, 0.4) is 0 Å². The molecule has 0 bridgehead atoms. The fraction of sp³-hybridized carbons (Fsp3) is 0.545. The van der Waals surface area contributed by atoms with E-state index in [9.17, 15) is 9.59 Å². The van der Waals surface area contributed by atoms with Gasteiger partial charge in [-0.3, -0.25) is 9.59 Å². The number of hydrogen-bond donors (Lipinski definition) is 0. The zero-order chi connectivity index (χ0) is 19.2. The summed E-state index contributed by atoms with van der Waals surface area (Å²) < 4.78 is 0. The van der Waals surface area contributed by atoms with Crippen molar-refractivity contribution in [3.8, 4) is 0 Å². The third-order valence-electron chi connectivity index (χ3n) is 5.64. The number of rotatable bonds is 5. The molecule has 1 aromatic carbocycles. The third-order valence-corrected chi connectivity index (χ3v) is 5.64. The summed E-state index contributed by atoms with van der Waals surface area (Å²) in [5, 5.41) is 0. The Balaban J connectivity index is 1.60. The van der Waals surface area contributed by atoms with Crippen molar-refractivity contribution in [2.45, 2.75) is 25.8 Å². The quantitative estimate of drug-likeness (QED) is 0.749. The first-order valence-corrected chi connectivity index (χ1v) is 9.95. The summed E-state index contributed by atoms with van der Waals surface area (Å²) in [6.45, 7) is 3.35. The molecule has 0 spiro atoms. The average Bonchev–Trinajstić information content (AvgIpc) is 2.84. The van der Waals surface area contributed by atoms with Crippen LogP contribution in [-0.4, -0.2) is 66.8 Å². The number of benzene rings is 1. The van der Waals surface area contributed by atoms with Crippen molar-refractivity contribution in [1.29, 1.82) is 0 Å². The van der Waals surface area contributed by atoms with Crippen molar-refractivity contribution in [2.24, 2.45) is 11.8 Å². The molecular weight excluding hydrogens is 338 g/mol. The van der Waals surface area contributed by atoms with Crippen LogP contribution >= 0.6 is 0 Å². The van der Waals surface area contributed by atoms with Gasteiger partial charge in [-0.25, -0.2) is 0 Å². The van der Waals surface area contributed by atoms with Crippen LogP contribution < -0.4 is 0 Å². The maximum absolute atomic E-state index is 13.2. The average molecular weight is 370 g/mol. The van der Waals surface area contributed by atoms with Crippen LogP contribution in [0, 0.1) is 11.8 Å². The van der Waals surface area contributed by atoms with Crippen LogP contribution in [0.4, 0.5) is 0 Å². The summed E-state index contributed by atoms with van der Waals surface area (Å²) in [4.78, 5) is 31.3. The summed E-state index contributed by atoms with van der Waals surface area (Å²) in [7, 11) is 3.84. The molecule has 1 unspecified atom stereocenters. The third kappa shape index (κ3) is 5.19. The van der Waals surface area contributed by atoms with Crippen molar-refractivity contribution >= 4 is 11.8 Å². The van der Waals surface area contributed by atoms with E-state index in [1.165, 1.54) is 5.56 Å². The smallest absolute Gasteiger partial charge is 0.236 e. The van der Waals surface area contributed by atoms with E-state index in [0.29, 0.717) is 25.6 Å². The molecule has 146 valence electrons. The van der Waals surface area contributed by atoms with Gasteiger partial charge in [0.05, 0.1) is 6.54 Å². The van der Waals surface area contributed by atoms with E-state index in [2.05, 4.69) is 24.3 Å². The van der Waals surface area contributed by atoms with Gasteiger partial charge >= 0.3 is 0 Å². The Kier molecular flexibility index (Phi) is 6.67. The molecule has 1 aromatic rings. The molecule has 1 atom stereocenters. The fourth-order valence-corrected chi connectivity index (χ4v) is 4.13. The maximum atomic E-state index is 13.2. The maximum Gasteiger partial charge on any atom is 0.236 e. The SMILES string of the molecule is CN(C)CC(=O)N1CCC(C2CC=CCN(Cc3ccccc3)C2=O)CC1. The molecule has 5 heteroatoms. The minimum absolute atomic E-state index is 0.0403. The van der Waals surface area contributed by atoms with Gasteiger partial charge in [0, 0.05) is 32.1 Å². The predicted molar refractivity (Wildman–Crippen MR) is 107 cm³/mol. The van der Waals surface area contributed by atoms with Crippen molar-refractivity contribution in [2.75, 3.05) is 40.3 Å². The first kappa shape index (κ1) is 19.6. The van der Waals surface area contributed by atoms with Gasteiger partial charge in [0.1, 0.15) is 0 Å². The van der Waals surface area contributed by atoms with Crippen LogP contribution in [-0.2, 0) is 16.1 Å². The standard InChI is InChI=1S/C22H31N3O2/c1-23(2)17-21(26)24-14-11-19(12-15-24)20-10-6-7-13-25(22(20)27)16-18-8-4-3-5-9-18/h3-9,19-20H,10-17H2,1-2H3. The lowest BCUT2D eigenvalue weighted by Crippen LogP contribution is -2.46. The number of carbonyl (C=O) groups is 2. The highest BCUT2D eigenvalue weighted by molar-refractivity contribution is 5.80. The molecular formula is C22H31N3O2. The Morgan fingerprint density at radius 3 is 2.48 bits per heavy atom. The van der Waals surface area contributed by atoms with Crippen molar-refractivity contribution in [1.82, 2.24) is 14.7 Å². The molecule has 1 saturated heterocycles. The molecule has 27 heavy (non-hydrogen) atoms. The van der Waals surface area contributed by atoms with Crippen LogP contribution in [0.15, 0.2) is 42.5 Å².